The highest BCUT2D eigenvalue weighted by Crippen LogP contribution is 2.10. The first-order valence-corrected chi connectivity index (χ1v) is 6.58. The minimum Gasteiger partial charge on any atom is -0.352 e. The van der Waals surface area contributed by atoms with Crippen LogP contribution in [0.5, 0.6) is 0 Å². The van der Waals surface area contributed by atoms with Crippen LogP contribution in [0.1, 0.15) is 45.9 Å². The molecule has 2 N–H and O–H groups in total. The van der Waals surface area contributed by atoms with Crippen LogP contribution < -0.4 is 10.6 Å². The lowest BCUT2D eigenvalue weighted by Gasteiger charge is -2.18. The summed E-state index contributed by atoms with van der Waals surface area (Å²) in [5.41, 5.74) is 1.04. The first-order chi connectivity index (χ1) is 8.56. The minimum atomic E-state index is -0.228. The third-order valence-electron chi connectivity index (χ3n) is 2.71. The smallest absolute Gasteiger partial charge is 0.243 e. The predicted molar refractivity (Wildman–Crippen MR) is 72.2 cm³/mol. The number of hydrogen-bond donors (Lipinski definition) is 2. The molecular formula is C13H24N4O. The summed E-state index contributed by atoms with van der Waals surface area (Å²) in [4.78, 5) is 16.1. The molecule has 1 rings (SSSR count). The van der Waals surface area contributed by atoms with Crippen LogP contribution in [0.3, 0.4) is 0 Å². The lowest BCUT2D eigenvalue weighted by atomic mass is 10.2. The summed E-state index contributed by atoms with van der Waals surface area (Å²) in [6, 6.07) is -0.0709. The van der Waals surface area contributed by atoms with Crippen LogP contribution in [-0.2, 0) is 11.3 Å². The molecule has 1 aromatic heterocycles. The molecule has 18 heavy (non-hydrogen) atoms. The molecule has 0 fully saturated rings. The molecule has 1 aromatic rings. The Morgan fingerprint density at radius 1 is 1.44 bits per heavy atom. The summed E-state index contributed by atoms with van der Waals surface area (Å²) >= 11 is 0. The van der Waals surface area contributed by atoms with Gasteiger partial charge in [-0.15, -0.1) is 0 Å². The summed E-state index contributed by atoms with van der Waals surface area (Å²) in [6.07, 6.45) is 4.62. The fourth-order valence-corrected chi connectivity index (χ4v) is 1.74. The quantitative estimate of drug-likeness (QED) is 0.722. The second kappa shape index (κ2) is 7.16. The van der Waals surface area contributed by atoms with Crippen LogP contribution in [0.2, 0.25) is 0 Å². The van der Waals surface area contributed by atoms with Gasteiger partial charge in [0.1, 0.15) is 6.04 Å². The van der Waals surface area contributed by atoms with Gasteiger partial charge in [-0.3, -0.25) is 4.79 Å². The highest BCUT2D eigenvalue weighted by molar-refractivity contribution is 5.80. The SMILES string of the molecule is CCCNCc1cncn1C(C)C(=O)NC(C)C. The van der Waals surface area contributed by atoms with Crippen molar-refractivity contribution in [1.29, 1.82) is 0 Å². The molecule has 0 aromatic carbocycles. The molecule has 0 aliphatic heterocycles. The monoisotopic (exact) mass is 252 g/mol. The molecular weight excluding hydrogens is 228 g/mol. The number of aromatic nitrogens is 2. The third-order valence-corrected chi connectivity index (χ3v) is 2.71. The molecule has 1 heterocycles. The molecule has 0 saturated carbocycles. The number of nitrogens with one attached hydrogen (secondary N) is 2. The van der Waals surface area contributed by atoms with Crippen LogP contribution >= 0.6 is 0 Å². The second-order valence-electron chi connectivity index (χ2n) is 4.81. The maximum atomic E-state index is 12.0. The third kappa shape index (κ3) is 4.14. The molecule has 0 saturated heterocycles. The van der Waals surface area contributed by atoms with Crippen LogP contribution in [0, 0.1) is 0 Å². The standard InChI is InChI=1S/C13H24N4O/c1-5-6-14-7-12-8-15-9-17(12)11(4)13(18)16-10(2)3/h8-11,14H,5-7H2,1-4H3,(H,16,18). The summed E-state index contributed by atoms with van der Waals surface area (Å²) in [5, 5.41) is 6.24. The van der Waals surface area contributed by atoms with Gasteiger partial charge >= 0.3 is 0 Å². The van der Waals surface area contributed by atoms with Gasteiger partial charge in [0, 0.05) is 18.8 Å². The topological polar surface area (TPSA) is 59.0 Å². The fraction of sp³-hybridized carbons (Fsp3) is 0.692. The van der Waals surface area contributed by atoms with Crippen LogP contribution in [0.25, 0.3) is 0 Å². The van der Waals surface area contributed by atoms with Crippen molar-refractivity contribution in [1.82, 2.24) is 20.2 Å². The zero-order valence-corrected chi connectivity index (χ0v) is 11.7. The molecule has 102 valence electrons. The maximum Gasteiger partial charge on any atom is 0.243 e. The first kappa shape index (κ1) is 14.7. The van der Waals surface area contributed by atoms with E-state index < -0.39 is 0 Å². The Balaban J connectivity index is 2.64. The van der Waals surface area contributed by atoms with Gasteiger partial charge in [-0.2, -0.15) is 0 Å². The molecule has 1 amide bonds. The van der Waals surface area contributed by atoms with E-state index in [0.29, 0.717) is 0 Å². The Morgan fingerprint density at radius 3 is 2.78 bits per heavy atom. The van der Waals surface area contributed by atoms with Crippen LogP contribution in [-0.4, -0.2) is 28.0 Å². The van der Waals surface area contributed by atoms with Crippen molar-refractivity contribution in [2.45, 2.75) is 52.7 Å². The molecule has 0 radical (unpaired) electrons. The Hall–Kier alpha value is -1.36. The van der Waals surface area contributed by atoms with Crippen molar-refractivity contribution in [2.24, 2.45) is 0 Å². The van der Waals surface area contributed by atoms with Gasteiger partial charge < -0.3 is 15.2 Å². The van der Waals surface area contributed by atoms with Gasteiger partial charge in [0.2, 0.25) is 5.91 Å². The van der Waals surface area contributed by atoms with E-state index in [1.807, 2.05) is 31.5 Å². The number of carbonyl (C=O) groups excluding carboxylic acids is 1. The highest BCUT2D eigenvalue weighted by Gasteiger charge is 2.17. The average Bonchev–Trinajstić information content (AvgIpc) is 2.75. The lowest BCUT2D eigenvalue weighted by molar-refractivity contribution is -0.124. The largest absolute Gasteiger partial charge is 0.352 e. The predicted octanol–water partition coefficient (Wildman–Crippen LogP) is 1.47. The van der Waals surface area contributed by atoms with E-state index in [-0.39, 0.29) is 18.0 Å². The van der Waals surface area contributed by atoms with Crippen LogP contribution in [0.4, 0.5) is 0 Å². The zero-order chi connectivity index (χ0) is 13.5. The zero-order valence-electron chi connectivity index (χ0n) is 11.7. The summed E-state index contributed by atoms with van der Waals surface area (Å²) < 4.78 is 1.92. The molecule has 1 unspecified atom stereocenters. The van der Waals surface area contributed by atoms with Crippen LogP contribution in [0.15, 0.2) is 12.5 Å². The van der Waals surface area contributed by atoms with Crippen molar-refractivity contribution >= 4 is 5.91 Å². The van der Waals surface area contributed by atoms with Crippen molar-refractivity contribution in [2.75, 3.05) is 6.54 Å². The Morgan fingerprint density at radius 2 is 2.17 bits per heavy atom. The van der Waals surface area contributed by atoms with Gasteiger partial charge in [0.15, 0.2) is 0 Å². The summed E-state index contributed by atoms with van der Waals surface area (Å²) in [7, 11) is 0. The van der Waals surface area contributed by atoms with E-state index in [9.17, 15) is 4.79 Å². The number of nitrogens with zero attached hydrogens (tertiary/aromatic N) is 2. The number of amides is 1. The van der Waals surface area contributed by atoms with Gasteiger partial charge in [0.25, 0.3) is 0 Å². The van der Waals surface area contributed by atoms with Crippen molar-refractivity contribution in [3.8, 4) is 0 Å². The Labute approximate surface area is 109 Å². The van der Waals surface area contributed by atoms with E-state index in [4.69, 9.17) is 0 Å². The molecule has 5 heteroatoms. The summed E-state index contributed by atoms with van der Waals surface area (Å²) in [6.45, 7) is 9.65. The summed E-state index contributed by atoms with van der Waals surface area (Å²) in [5.74, 6) is 0.0275. The van der Waals surface area contributed by atoms with E-state index in [1.54, 1.807) is 6.33 Å². The van der Waals surface area contributed by atoms with Crippen molar-refractivity contribution in [3.63, 3.8) is 0 Å². The first-order valence-electron chi connectivity index (χ1n) is 6.58. The number of imidazole rings is 1. The molecule has 0 bridgehead atoms. The highest BCUT2D eigenvalue weighted by atomic mass is 16.2. The van der Waals surface area contributed by atoms with E-state index >= 15 is 0 Å². The molecule has 5 nitrogen and oxygen atoms in total. The Kier molecular flexibility index (Phi) is 5.85. The number of hydrogen-bond acceptors (Lipinski definition) is 3. The maximum absolute atomic E-state index is 12.0. The van der Waals surface area contributed by atoms with Crippen molar-refractivity contribution in [3.05, 3.63) is 18.2 Å². The lowest BCUT2D eigenvalue weighted by Crippen LogP contribution is -2.36. The number of carbonyl (C=O) groups is 1. The van der Waals surface area contributed by atoms with E-state index in [2.05, 4.69) is 22.5 Å². The van der Waals surface area contributed by atoms with E-state index in [1.165, 1.54) is 0 Å². The normalized spacial score (nSPS) is 12.7. The Bertz CT molecular complexity index is 373. The molecule has 0 aliphatic carbocycles. The van der Waals surface area contributed by atoms with Gasteiger partial charge in [-0.05, 0) is 33.7 Å². The molecule has 0 aliphatic rings. The second-order valence-corrected chi connectivity index (χ2v) is 4.81. The van der Waals surface area contributed by atoms with E-state index in [0.717, 1.165) is 25.2 Å². The molecule has 1 atom stereocenters. The van der Waals surface area contributed by atoms with Gasteiger partial charge in [-0.25, -0.2) is 4.98 Å². The minimum absolute atomic E-state index is 0.0275. The fourth-order valence-electron chi connectivity index (χ4n) is 1.74. The molecule has 0 spiro atoms. The van der Waals surface area contributed by atoms with Crippen molar-refractivity contribution < 1.29 is 4.79 Å². The average molecular weight is 252 g/mol. The number of rotatable bonds is 7. The van der Waals surface area contributed by atoms with Gasteiger partial charge in [0.05, 0.1) is 12.0 Å². The van der Waals surface area contributed by atoms with Gasteiger partial charge in [-0.1, -0.05) is 6.92 Å².